The van der Waals surface area contributed by atoms with Gasteiger partial charge in [-0.15, -0.1) is 0 Å². The summed E-state index contributed by atoms with van der Waals surface area (Å²) in [5, 5.41) is 12.4. The van der Waals surface area contributed by atoms with Gasteiger partial charge in [-0.05, 0) is 24.1 Å². The summed E-state index contributed by atoms with van der Waals surface area (Å²) < 4.78 is 5.11. The highest BCUT2D eigenvalue weighted by molar-refractivity contribution is 5.86. The smallest absolute Gasteiger partial charge is 0.224 e. The summed E-state index contributed by atoms with van der Waals surface area (Å²) in [5.74, 6) is -0.0167. The first-order chi connectivity index (χ1) is 9.81. The van der Waals surface area contributed by atoms with Crippen molar-refractivity contribution >= 4 is 16.9 Å². The maximum atomic E-state index is 11.8. The molecular formula is C14H19N3O3. The number of amides is 1. The van der Waals surface area contributed by atoms with Crippen molar-refractivity contribution in [2.75, 3.05) is 26.4 Å². The molecular weight excluding hydrogens is 258 g/mol. The van der Waals surface area contributed by atoms with Crippen LogP contribution < -0.4 is 5.32 Å². The van der Waals surface area contributed by atoms with E-state index in [2.05, 4.69) is 15.3 Å². The second-order valence-corrected chi connectivity index (χ2v) is 4.43. The summed E-state index contributed by atoms with van der Waals surface area (Å²) in [7, 11) is 0. The molecule has 0 fully saturated rings. The van der Waals surface area contributed by atoms with Gasteiger partial charge in [-0.2, -0.15) is 0 Å². The van der Waals surface area contributed by atoms with Gasteiger partial charge in [0.05, 0.1) is 19.6 Å². The summed E-state index contributed by atoms with van der Waals surface area (Å²) >= 11 is 0. The lowest BCUT2D eigenvalue weighted by atomic mass is 10.1. The molecule has 20 heavy (non-hydrogen) atoms. The second-order valence-electron chi connectivity index (χ2n) is 4.43. The molecule has 1 amide bonds. The van der Waals surface area contributed by atoms with Gasteiger partial charge in [-0.1, -0.05) is 0 Å². The molecule has 6 heteroatoms. The number of hydrogen-bond donors (Lipinski definition) is 3. The van der Waals surface area contributed by atoms with Crippen LogP contribution in [0.5, 0.6) is 0 Å². The molecule has 0 aliphatic heterocycles. The number of rotatable bonds is 8. The predicted octanol–water partition coefficient (Wildman–Crippen LogP) is 0.621. The topological polar surface area (TPSA) is 87.2 Å². The fraction of sp³-hybridized carbons (Fsp3) is 0.429. The van der Waals surface area contributed by atoms with Crippen molar-refractivity contribution in [3.05, 3.63) is 30.1 Å². The molecule has 2 aromatic rings. The molecule has 0 aliphatic rings. The van der Waals surface area contributed by atoms with Gasteiger partial charge in [0.15, 0.2) is 0 Å². The Balaban J connectivity index is 1.74. The van der Waals surface area contributed by atoms with Gasteiger partial charge >= 0.3 is 0 Å². The minimum atomic E-state index is -0.0167. The second kappa shape index (κ2) is 7.62. The van der Waals surface area contributed by atoms with E-state index in [1.165, 1.54) is 0 Å². The van der Waals surface area contributed by atoms with Crippen molar-refractivity contribution in [2.45, 2.75) is 12.8 Å². The van der Waals surface area contributed by atoms with E-state index in [0.29, 0.717) is 26.2 Å². The van der Waals surface area contributed by atoms with Crippen molar-refractivity contribution < 1.29 is 14.6 Å². The molecule has 0 saturated carbocycles. The van der Waals surface area contributed by atoms with E-state index >= 15 is 0 Å². The summed E-state index contributed by atoms with van der Waals surface area (Å²) in [5.41, 5.74) is 1.75. The lowest BCUT2D eigenvalue weighted by Crippen LogP contribution is -2.26. The first-order valence-corrected chi connectivity index (χ1v) is 6.67. The van der Waals surface area contributed by atoms with Crippen LogP contribution in [0.4, 0.5) is 0 Å². The molecule has 0 aliphatic carbocycles. The maximum Gasteiger partial charge on any atom is 0.224 e. The first-order valence-electron chi connectivity index (χ1n) is 6.67. The number of H-pyrrole nitrogens is 1. The number of ether oxygens (including phenoxy) is 1. The molecule has 2 aromatic heterocycles. The number of pyridine rings is 1. The van der Waals surface area contributed by atoms with Crippen molar-refractivity contribution in [3.63, 3.8) is 0 Å². The molecule has 108 valence electrons. The quantitative estimate of drug-likeness (QED) is 0.617. The molecule has 0 spiro atoms. The fourth-order valence-corrected chi connectivity index (χ4v) is 1.96. The van der Waals surface area contributed by atoms with Crippen LogP contribution in [-0.4, -0.2) is 47.3 Å². The zero-order valence-electron chi connectivity index (χ0n) is 11.3. The third kappa shape index (κ3) is 4.04. The van der Waals surface area contributed by atoms with E-state index in [9.17, 15) is 4.79 Å². The van der Waals surface area contributed by atoms with Crippen LogP contribution in [0.2, 0.25) is 0 Å². The van der Waals surface area contributed by atoms with Crippen LogP contribution in [-0.2, 0) is 16.0 Å². The van der Waals surface area contributed by atoms with E-state index in [0.717, 1.165) is 23.0 Å². The van der Waals surface area contributed by atoms with Crippen molar-refractivity contribution in [3.8, 4) is 0 Å². The van der Waals surface area contributed by atoms with E-state index in [1.807, 2.05) is 18.3 Å². The lowest BCUT2D eigenvalue weighted by Gasteiger charge is -2.05. The summed E-state index contributed by atoms with van der Waals surface area (Å²) in [6, 6.07) is 3.81. The SMILES string of the molecule is O=C(Cc1c[nH]c2ncccc12)NCCCOCCO. The largest absolute Gasteiger partial charge is 0.394 e. The van der Waals surface area contributed by atoms with E-state index in [4.69, 9.17) is 9.84 Å². The Kier molecular flexibility index (Phi) is 5.52. The highest BCUT2D eigenvalue weighted by Crippen LogP contribution is 2.15. The Morgan fingerprint density at radius 3 is 3.20 bits per heavy atom. The molecule has 6 nitrogen and oxygen atoms in total. The van der Waals surface area contributed by atoms with E-state index < -0.39 is 0 Å². The number of nitrogens with zero attached hydrogens (tertiary/aromatic N) is 1. The van der Waals surface area contributed by atoms with E-state index in [-0.39, 0.29) is 12.5 Å². The van der Waals surface area contributed by atoms with Gasteiger partial charge in [0.25, 0.3) is 0 Å². The van der Waals surface area contributed by atoms with Gasteiger partial charge in [0, 0.05) is 30.9 Å². The van der Waals surface area contributed by atoms with Gasteiger partial charge in [-0.25, -0.2) is 4.98 Å². The van der Waals surface area contributed by atoms with Crippen molar-refractivity contribution in [1.29, 1.82) is 0 Å². The van der Waals surface area contributed by atoms with Crippen LogP contribution in [0.15, 0.2) is 24.5 Å². The van der Waals surface area contributed by atoms with Crippen molar-refractivity contribution in [1.82, 2.24) is 15.3 Å². The molecule has 0 aromatic carbocycles. The summed E-state index contributed by atoms with van der Waals surface area (Å²) in [4.78, 5) is 19.1. The average molecular weight is 277 g/mol. The Bertz CT molecular complexity index is 553. The van der Waals surface area contributed by atoms with Crippen LogP contribution >= 0.6 is 0 Å². The fourth-order valence-electron chi connectivity index (χ4n) is 1.96. The maximum absolute atomic E-state index is 11.8. The molecule has 0 radical (unpaired) electrons. The van der Waals surface area contributed by atoms with Gasteiger partial charge < -0.3 is 20.1 Å². The average Bonchev–Trinajstić information content (AvgIpc) is 2.86. The molecule has 0 saturated heterocycles. The lowest BCUT2D eigenvalue weighted by molar-refractivity contribution is -0.120. The van der Waals surface area contributed by atoms with Gasteiger partial charge in [0.1, 0.15) is 5.65 Å². The number of aromatic amines is 1. The Morgan fingerprint density at radius 1 is 1.45 bits per heavy atom. The van der Waals surface area contributed by atoms with Gasteiger partial charge in [-0.3, -0.25) is 4.79 Å². The minimum absolute atomic E-state index is 0.0167. The molecule has 2 heterocycles. The number of carbonyl (C=O) groups excluding carboxylic acids is 1. The zero-order chi connectivity index (χ0) is 14.2. The third-order valence-electron chi connectivity index (χ3n) is 2.91. The minimum Gasteiger partial charge on any atom is -0.394 e. The van der Waals surface area contributed by atoms with Crippen LogP contribution in [0.3, 0.4) is 0 Å². The standard InChI is InChI=1S/C14H19N3O3/c18-6-8-20-7-2-5-15-13(19)9-11-10-17-14-12(11)3-1-4-16-14/h1,3-4,10,18H,2,5-9H2,(H,15,19)(H,16,17). The summed E-state index contributed by atoms with van der Waals surface area (Å²) in [6.07, 6.45) is 4.61. The van der Waals surface area contributed by atoms with Crippen LogP contribution in [0, 0.1) is 0 Å². The molecule has 0 atom stereocenters. The number of aromatic nitrogens is 2. The predicted molar refractivity (Wildman–Crippen MR) is 75.3 cm³/mol. The highest BCUT2D eigenvalue weighted by atomic mass is 16.5. The van der Waals surface area contributed by atoms with Gasteiger partial charge in [0.2, 0.25) is 5.91 Å². The van der Waals surface area contributed by atoms with E-state index in [1.54, 1.807) is 6.20 Å². The molecule has 2 rings (SSSR count). The number of aliphatic hydroxyl groups excluding tert-OH is 1. The Labute approximate surface area is 117 Å². The third-order valence-corrected chi connectivity index (χ3v) is 2.91. The van der Waals surface area contributed by atoms with Crippen LogP contribution in [0.25, 0.3) is 11.0 Å². The zero-order valence-corrected chi connectivity index (χ0v) is 11.3. The first kappa shape index (κ1) is 14.5. The number of hydrogen-bond acceptors (Lipinski definition) is 4. The Hall–Kier alpha value is -1.92. The number of aliphatic hydroxyl groups is 1. The van der Waals surface area contributed by atoms with Crippen molar-refractivity contribution in [2.24, 2.45) is 0 Å². The number of nitrogens with one attached hydrogen (secondary N) is 2. The monoisotopic (exact) mass is 277 g/mol. The molecule has 3 N–H and O–H groups in total. The summed E-state index contributed by atoms with van der Waals surface area (Å²) in [6.45, 7) is 1.49. The molecule has 0 unspecified atom stereocenters. The number of carbonyl (C=O) groups is 1. The molecule has 0 bridgehead atoms. The normalized spacial score (nSPS) is 10.8. The van der Waals surface area contributed by atoms with Crippen LogP contribution in [0.1, 0.15) is 12.0 Å². The highest BCUT2D eigenvalue weighted by Gasteiger charge is 2.08. The number of fused-ring (bicyclic) bond motifs is 1. The Morgan fingerprint density at radius 2 is 2.35 bits per heavy atom.